The Kier molecular flexibility index (Phi) is 6.71. The molecule has 2 amide bonds. The largest absolute Gasteiger partial charge is 0.481 e. The fraction of sp³-hybridized carbons (Fsp3) is 0.111. The third kappa shape index (κ3) is 6.39. The van der Waals surface area contributed by atoms with Crippen molar-refractivity contribution in [2.75, 3.05) is 0 Å². The van der Waals surface area contributed by atoms with Crippen molar-refractivity contribution in [3.63, 3.8) is 0 Å². The molecule has 2 rings (SSSR count). The molecule has 0 aliphatic carbocycles. The molecule has 0 aromatic heterocycles. The fourth-order valence-corrected chi connectivity index (χ4v) is 2.19. The Morgan fingerprint density at radius 3 is 2.56 bits per heavy atom. The lowest BCUT2D eigenvalue weighted by Crippen LogP contribution is -2.46. The number of amides is 2. The molecule has 0 unspecified atom stereocenters. The molecular formula is C18H16BrFN2O3. The SMILES string of the molecule is C[C@H](Oc1cccc(Br)c1)C(=O)NNC(=O)/C=C/c1ccc(F)cc1. The maximum atomic E-state index is 12.8. The summed E-state index contributed by atoms with van der Waals surface area (Å²) >= 11 is 3.31. The van der Waals surface area contributed by atoms with Crippen LogP contribution in [0.25, 0.3) is 6.08 Å². The fourth-order valence-electron chi connectivity index (χ4n) is 1.81. The average molecular weight is 407 g/mol. The molecule has 5 nitrogen and oxygen atoms in total. The summed E-state index contributed by atoms with van der Waals surface area (Å²) in [5.41, 5.74) is 5.19. The van der Waals surface area contributed by atoms with Crippen LogP contribution in [0.5, 0.6) is 5.75 Å². The van der Waals surface area contributed by atoms with Gasteiger partial charge in [-0.25, -0.2) is 4.39 Å². The van der Waals surface area contributed by atoms with Gasteiger partial charge in [0.15, 0.2) is 6.10 Å². The third-order valence-electron chi connectivity index (χ3n) is 3.08. The molecule has 130 valence electrons. The summed E-state index contributed by atoms with van der Waals surface area (Å²) in [6.07, 6.45) is 1.94. The summed E-state index contributed by atoms with van der Waals surface area (Å²) in [5, 5.41) is 0. The minimum absolute atomic E-state index is 0.353. The minimum Gasteiger partial charge on any atom is -0.481 e. The van der Waals surface area contributed by atoms with E-state index in [1.165, 1.54) is 36.4 Å². The Morgan fingerprint density at radius 2 is 1.88 bits per heavy atom. The number of carbonyl (C=O) groups is 2. The molecule has 0 bridgehead atoms. The lowest BCUT2D eigenvalue weighted by molar-refractivity contribution is -0.131. The first-order valence-corrected chi connectivity index (χ1v) is 8.19. The number of halogens is 2. The van der Waals surface area contributed by atoms with E-state index in [4.69, 9.17) is 4.74 Å². The van der Waals surface area contributed by atoms with Gasteiger partial charge in [-0.1, -0.05) is 34.1 Å². The van der Waals surface area contributed by atoms with Crippen LogP contribution in [-0.4, -0.2) is 17.9 Å². The smallest absolute Gasteiger partial charge is 0.279 e. The van der Waals surface area contributed by atoms with E-state index in [0.717, 1.165) is 4.47 Å². The highest BCUT2D eigenvalue weighted by Gasteiger charge is 2.14. The molecule has 2 N–H and O–H groups in total. The Morgan fingerprint density at radius 1 is 1.16 bits per heavy atom. The zero-order valence-electron chi connectivity index (χ0n) is 13.3. The zero-order valence-corrected chi connectivity index (χ0v) is 14.9. The van der Waals surface area contributed by atoms with E-state index < -0.39 is 17.9 Å². The van der Waals surface area contributed by atoms with Crippen LogP contribution in [0.4, 0.5) is 4.39 Å². The molecule has 0 aliphatic heterocycles. The molecule has 7 heteroatoms. The number of benzene rings is 2. The molecular weight excluding hydrogens is 391 g/mol. The predicted molar refractivity (Wildman–Crippen MR) is 96.0 cm³/mol. The van der Waals surface area contributed by atoms with Gasteiger partial charge in [0.05, 0.1) is 0 Å². The number of hydrazine groups is 1. The van der Waals surface area contributed by atoms with Gasteiger partial charge in [0.25, 0.3) is 11.8 Å². The van der Waals surface area contributed by atoms with E-state index in [9.17, 15) is 14.0 Å². The second-order valence-electron chi connectivity index (χ2n) is 5.08. The molecule has 1 atom stereocenters. The number of nitrogens with one attached hydrogen (secondary N) is 2. The van der Waals surface area contributed by atoms with Crippen LogP contribution in [0, 0.1) is 5.82 Å². The first-order valence-electron chi connectivity index (χ1n) is 7.40. The van der Waals surface area contributed by atoms with Crippen LogP contribution in [0.3, 0.4) is 0 Å². The molecule has 0 spiro atoms. The molecule has 2 aromatic rings. The summed E-state index contributed by atoms with van der Waals surface area (Å²) in [6.45, 7) is 1.57. The molecule has 0 saturated carbocycles. The lowest BCUT2D eigenvalue weighted by Gasteiger charge is -2.14. The molecule has 0 radical (unpaired) electrons. The van der Waals surface area contributed by atoms with E-state index in [2.05, 4.69) is 26.8 Å². The van der Waals surface area contributed by atoms with Crippen LogP contribution in [-0.2, 0) is 9.59 Å². The van der Waals surface area contributed by atoms with Gasteiger partial charge in [0.2, 0.25) is 0 Å². The van der Waals surface area contributed by atoms with Crippen molar-refractivity contribution in [3.05, 3.63) is 70.5 Å². The van der Waals surface area contributed by atoms with E-state index in [-0.39, 0.29) is 5.82 Å². The van der Waals surface area contributed by atoms with Crippen LogP contribution in [0.1, 0.15) is 12.5 Å². The summed E-state index contributed by atoms with van der Waals surface area (Å²) in [7, 11) is 0. The van der Waals surface area contributed by atoms with Gasteiger partial charge in [0, 0.05) is 10.5 Å². The number of rotatable bonds is 5. The quantitative estimate of drug-likeness (QED) is 0.591. The van der Waals surface area contributed by atoms with Crippen molar-refractivity contribution in [2.45, 2.75) is 13.0 Å². The number of hydrogen-bond donors (Lipinski definition) is 2. The monoisotopic (exact) mass is 406 g/mol. The summed E-state index contributed by atoms with van der Waals surface area (Å²) in [4.78, 5) is 23.6. The summed E-state index contributed by atoms with van der Waals surface area (Å²) < 4.78 is 19.1. The highest BCUT2D eigenvalue weighted by atomic mass is 79.9. The minimum atomic E-state index is -0.796. The van der Waals surface area contributed by atoms with Crippen LogP contribution < -0.4 is 15.6 Å². The van der Waals surface area contributed by atoms with Gasteiger partial charge in [-0.3, -0.25) is 20.4 Å². The molecule has 25 heavy (non-hydrogen) atoms. The Labute approximate surface area is 153 Å². The Bertz CT molecular complexity index is 778. The molecule has 0 heterocycles. The van der Waals surface area contributed by atoms with Gasteiger partial charge >= 0.3 is 0 Å². The standard InChI is InChI=1S/C18H16BrFN2O3/c1-12(25-16-4-2-3-14(19)11-16)18(24)22-21-17(23)10-7-13-5-8-15(20)9-6-13/h2-12H,1H3,(H,21,23)(H,22,24)/b10-7+/t12-/m0/s1. The molecule has 2 aromatic carbocycles. The normalized spacial score (nSPS) is 11.8. The lowest BCUT2D eigenvalue weighted by atomic mass is 10.2. The first-order chi connectivity index (χ1) is 11.9. The highest BCUT2D eigenvalue weighted by molar-refractivity contribution is 9.10. The van der Waals surface area contributed by atoms with Gasteiger partial charge in [-0.2, -0.15) is 0 Å². The van der Waals surface area contributed by atoms with Crippen molar-refractivity contribution in [1.29, 1.82) is 0 Å². The molecule has 0 aliphatic rings. The average Bonchev–Trinajstić information content (AvgIpc) is 2.59. The van der Waals surface area contributed by atoms with Crippen molar-refractivity contribution in [2.24, 2.45) is 0 Å². The van der Waals surface area contributed by atoms with Crippen LogP contribution in [0.15, 0.2) is 59.1 Å². The second kappa shape index (κ2) is 8.98. The third-order valence-corrected chi connectivity index (χ3v) is 3.58. The number of carbonyl (C=O) groups excluding carboxylic acids is 2. The zero-order chi connectivity index (χ0) is 18.2. The van der Waals surface area contributed by atoms with Crippen molar-refractivity contribution >= 4 is 33.8 Å². The van der Waals surface area contributed by atoms with Crippen LogP contribution in [0.2, 0.25) is 0 Å². The van der Waals surface area contributed by atoms with Crippen molar-refractivity contribution in [1.82, 2.24) is 10.9 Å². The second-order valence-corrected chi connectivity index (χ2v) is 6.00. The van der Waals surface area contributed by atoms with Crippen molar-refractivity contribution < 1.29 is 18.7 Å². The Balaban J connectivity index is 1.80. The van der Waals surface area contributed by atoms with Gasteiger partial charge < -0.3 is 4.74 Å². The van der Waals surface area contributed by atoms with E-state index in [1.807, 2.05) is 6.07 Å². The van der Waals surface area contributed by atoms with Crippen molar-refractivity contribution in [3.8, 4) is 5.75 Å². The maximum Gasteiger partial charge on any atom is 0.279 e. The Hall–Kier alpha value is -2.67. The number of ether oxygens (including phenoxy) is 1. The summed E-state index contributed by atoms with van der Waals surface area (Å²) in [5.74, 6) is -0.844. The van der Waals surface area contributed by atoms with Gasteiger partial charge in [-0.05, 0) is 48.9 Å². The predicted octanol–water partition coefficient (Wildman–Crippen LogP) is 3.22. The topological polar surface area (TPSA) is 67.4 Å². The van der Waals surface area contributed by atoms with E-state index in [1.54, 1.807) is 25.1 Å². The van der Waals surface area contributed by atoms with Crippen LogP contribution >= 0.6 is 15.9 Å². The molecule has 0 saturated heterocycles. The highest BCUT2D eigenvalue weighted by Crippen LogP contribution is 2.18. The molecule has 0 fully saturated rings. The first kappa shape index (κ1) is 18.7. The maximum absolute atomic E-state index is 12.8. The van der Waals surface area contributed by atoms with Gasteiger partial charge in [0.1, 0.15) is 11.6 Å². The van der Waals surface area contributed by atoms with E-state index in [0.29, 0.717) is 11.3 Å². The summed E-state index contributed by atoms with van der Waals surface area (Å²) in [6, 6.07) is 12.7. The van der Waals surface area contributed by atoms with E-state index >= 15 is 0 Å². The van der Waals surface area contributed by atoms with Gasteiger partial charge in [-0.15, -0.1) is 0 Å². The number of hydrogen-bond acceptors (Lipinski definition) is 3.